The Morgan fingerprint density at radius 1 is 1.18 bits per heavy atom. The van der Waals surface area contributed by atoms with Gasteiger partial charge in [-0.25, -0.2) is 0 Å². The zero-order chi connectivity index (χ0) is 19.9. The molecule has 1 heterocycles. The predicted octanol–water partition coefficient (Wildman–Crippen LogP) is 2.96. The first-order valence-corrected chi connectivity index (χ1v) is 9.62. The Bertz CT molecular complexity index is 822. The molecule has 6 nitrogen and oxygen atoms in total. The standard InChI is InChI=1S/C22H30N4O2/c1-16-11-17(13-19(12-16)27-3)14-24-22(23-2)25-18-9-10-26(15-18)20-7-5-6-8-21(20)28-4/h5-8,11-13,18H,9-10,14-15H2,1-4H3,(H2,23,24,25). The van der Waals surface area contributed by atoms with Crippen molar-refractivity contribution in [1.29, 1.82) is 0 Å². The van der Waals surface area contributed by atoms with Crippen LogP contribution in [-0.4, -0.2) is 46.4 Å². The zero-order valence-electron chi connectivity index (χ0n) is 17.2. The van der Waals surface area contributed by atoms with Crippen molar-refractivity contribution in [1.82, 2.24) is 10.6 Å². The second-order valence-corrected chi connectivity index (χ2v) is 7.03. The fraction of sp³-hybridized carbons (Fsp3) is 0.409. The molecular weight excluding hydrogens is 352 g/mol. The maximum atomic E-state index is 5.50. The van der Waals surface area contributed by atoms with Crippen LogP contribution in [0.5, 0.6) is 11.5 Å². The Kier molecular flexibility index (Phi) is 6.63. The third-order valence-electron chi connectivity index (χ3n) is 4.98. The number of anilines is 1. The van der Waals surface area contributed by atoms with Crippen molar-refractivity contribution >= 4 is 11.6 Å². The monoisotopic (exact) mass is 382 g/mol. The van der Waals surface area contributed by atoms with Gasteiger partial charge in [-0.1, -0.05) is 18.2 Å². The molecule has 1 unspecified atom stereocenters. The van der Waals surface area contributed by atoms with E-state index in [-0.39, 0.29) is 0 Å². The summed E-state index contributed by atoms with van der Waals surface area (Å²) in [6, 6.07) is 14.7. The van der Waals surface area contributed by atoms with E-state index in [1.54, 1.807) is 21.3 Å². The number of aryl methyl sites for hydroxylation is 1. The Morgan fingerprint density at radius 2 is 2.00 bits per heavy atom. The normalized spacial score (nSPS) is 16.8. The topological polar surface area (TPSA) is 58.1 Å². The molecule has 150 valence electrons. The lowest BCUT2D eigenvalue weighted by atomic mass is 10.1. The average Bonchev–Trinajstić information content (AvgIpc) is 3.18. The summed E-state index contributed by atoms with van der Waals surface area (Å²) in [5.41, 5.74) is 3.49. The minimum Gasteiger partial charge on any atom is -0.497 e. The van der Waals surface area contributed by atoms with Crippen molar-refractivity contribution in [2.24, 2.45) is 4.99 Å². The highest BCUT2D eigenvalue weighted by Gasteiger charge is 2.25. The molecule has 0 radical (unpaired) electrons. The zero-order valence-corrected chi connectivity index (χ0v) is 17.2. The molecule has 0 aliphatic carbocycles. The molecule has 1 fully saturated rings. The van der Waals surface area contributed by atoms with Crippen LogP contribution in [-0.2, 0) is 6.54 Å². The number of benzene rings is 2. The van der Waals surface area contributed by atoms with Gasteiger partial charge in [-0.15, -0.1) is 0 Å². The molecule has 0 spiro atoms. The molecule has 3 rings (SSSR count). The van der Waals surface area contributed by atoms with Gasteiger partial charge in [0.05, 0.1) is 19.9 Å². The van der Waals surface area contributed by atoms with Crippen molar-refractivity contribution in [2.45, 2.75) is 25.9 Å². The van der Waals surface area contributed by atoms with E-state index in [1.807, 2.05) is 24.3 Å². The SMILES string of the molecule is CN=C(NCc1cc(C)cc(OC)c1)NC1CCN(c2ccccc2OC)C1. The predicted molar refractivity (Wildman–Crippen MR) is 115 cm³/mol. The Balaban J connectivity index is 1.56. The smallest absolute Gasteiger partial charge is 0.191 e. The number of guanidine groups is 1. The van der Waals surface area contributed by atoms with E-state index in [9.17, 15) is 0 Å². The first-order valence-electron chi connectivity index (χ1n) is 9.62. The first-order chi connectivity index (χ1) is 13.6. The minimum atomic E-state index is 0.336. The summed E-state index contributed by atoms with van der Waals surface area (Å²) >= 11 is 0. The number of nitrogens with one attached hydrogen (secondary N) is 2. The van der Waals surface area contributed by atoms with Gasteiger partial charge < -0.3 is 25.0 Å². The molecule has 0 amide bonds. The van der Waals surface area contributed by atoms with E-state index in [4.69, 9.17) is 9.47 Å². The number of methoxy groups -OCH3 is 2. The fourth-order valence-corrected chi connectivity index (χ4v) is 3.61. The van der Waals surface area contributed by atoms with Crippen molar-refractivity contribution < 1.29 is 9.47 Å². The summed E-state index contributed by atoms with van der Waals surface area (Å²) in [6.45, 7) is 4.67. The van der Waals surface area contributed by atoms with Crippen LogP contribution >= 0.6 is 0 Å². The quantitative estimate of drug-likeness (QED) is 0.594. The van der Waals surface area contributed by atoms with Crippen LogP contribution < -0.4 is 25.0 Å². The molecule has 1 aliphatic heterocycles. The number of hydrogen-bond acceptors (Lipinski definition) is 4. The molecule has 0 saturated carbocycles. The van der Waals surface area contributed by atoms with E-state index in [1.165, 1.54) is 11.1 Å². The third-order valence-corrected chi connectivity index (χ3v) is 4.98. The van der Waals surface area contributed by atoms with E-state index in [2.05, 4.69) is 45.6 Å². The molecule has 1 atom stereocenters. The largest absolute Gasteiger partial charge is 0.497 e. The molecular formula is C22H30N4O2. The summed E-state index contributed by atoms with van der Waals surface area (Å²) in [6.07, 6.45) is 1.05. The van der Waals surface area contributed by atoms with Crippen molar-refractivity contribution in [3.63, 3.8) is 0 Å². The third kappa shape index (κ3) is 4.88. The van der Waals surface area contributed by atoms with Crippen LogP contribution in [0.3, 0.4) is 0 Å². The molecule has 1 aliphatic rings. The summed E-state index contributed by atoms with van der Waals surface area (Å²) in [5, 5.41) is 6.95. The highest BCUT2D eigenvalue weighted by atomic mass is 16.5. The molecule has 0 bridgehead atoms. The maximum Gasteiger partial charge on any atom is 0.191 e. The lowest BCUT2D eigenvalue weighted by molar-refractivity contribution is 0.414. The van der Waals surface area contributed by atoms with E-state index >= 15 is 0 Å². The van der Waals surface area contributed by atoms with Gasteiger partial charge in [-0.3, -0.25) is 4.99 Å². The Morgan fingerprint density at radius 3 is 2.75 bits per heavy atom. The number of nitrogens with zero attached hydrogens (tertiary/aromatic N) is 2. The van der Waals surface area contributed by atoms with Crippen LogP contribution in [0, 0.1) is 6.92 Å². The highest BCUT2D eigenvalue weighted by Crippen LogP contribution is 2.30. The molecule has 2 aromatic carbocycles. The summed E-state index contributed by atoms with van der Waals surface area (Å²) in [5.74, 6) is 2.61. The van der Waals surface area contributed by atoms with Gasteiger partial charge in [-0.2, -0.15) is 0 Å². The first kappa shape index (κ1) is 19.9. The maximum absolute atomic E-state index is 5.50. The van der Waals surface area contributed by atoms with Crippen molar-refractivity contribution in [3.8, 4) is 11.5 Å². The van der Waals surface area contributed by atoms with Gasteiger partial charge in [0.25, 0.3) is 0 Å². The van der Waals surface area contributed by atoms with E-state index in [0.29, 0.717) is 12.6 Å². The van der Waals surface area contributed by atoms with Crippen molar-refractivity contribution in [3.05, 3.63) is 53.6 Å². The van der Waals surface area contributed by atoms with Gasteiger partial charge in [-0.05, 0) is 48.7 Å². The van der Waals surface area contributed by atoms with Crippen LogP contribution in [0.2, 0.25) is 0 Å². The van der Waals surface area contributed by atoms with Crippen LogP contribution in [0.4, 0.5) is 5.69 Å². The van der Waals surface area contributed by atoms with Crippen LogP contribution in [0.1, 0.15) is 17.5 Å². The van der Waals surface area contributed by atoms with Gasteiger partial charge in [0.15, 0.2) is 5.96 Å². The Labute approximate surface area is 167 Å². The minimum absolute atomic E-state index is 0.336. The van der Waals surface area contributed by atoms with Gasteiger partial charge in [0, 0.05) is 32.7 Å². The molecule has 2 N–H and O–H groups in total. The Hall–Kier alpha value is -2.89. The molecule has 0 aromatic heterocycles. The number of ether oxygens (including phenoxy) is 2. The second-order valence-electron chi connectivity index (χ2n) is 7.03. The fourth-order valence-electron chi connectivity index (χ4n) is 3.61. The summed E-state index contributed by atoms with van der Waals surface area (Å²) in [7, 11) is 5.22. The highest BCUT2D eigenvalue weighted by molar-refractivity contribution is 5.80. The number of hydrogen-bond donors (Lipinski definition) is 2. The molecule has 2 aromatic rings. The summed E-state index contributed by atoms with van der Waals surface area (Å²) < 4.78 is 10.9. The van der Waals surface area contributed by atoms with Gasteiger partial charge in [0.2, 0.25) is 0 Å². The van der Waals surface area contributed by atoms with Crippen molar-refractivity contribution in [2.75, 3.05) is 39.3 Å². The molecule has 6 heteroatoms. The number of rotatable bonds is 6. The lowest BCUT2D eigenvalue weighted by Gasteiger charge is -2.22. The van der Waals surface area contributed by atoms with Gasteiger partial charge >= 0.3 is 0 Å². The van der Waals surface area contributed by atoms with Crippen LogP contribution in [0.25, 0.3) is 0 Å². The van der Waals surface area contributed by atoms with E-state index in [0.717, 1.165) is 42.7 Å². The number of aliphatic imine (C=N–C) groups is 1. The number of para-hydroxylation sites is 2. The summed E-state index contributed by atoms with van der Waals surface area (Å²) in [4.78, 5) is 6.74. The molecule has 1 saturated heterocycles. The van der Waals surface area contributed by atoms with Crippen LogP contribution in [0.15, 0.2) is 47.5 Å². The van der Waals surface area contributed by atoms with E-state index < -0.39 is 0 Å². The lowest BCUT2D eigenvalue weighted by Crippen LogP contribution is -2.44. The molecule has 28 heavy (non-hydrogen) atoms. The average molecular weight is 383 g/mol. The second kappa shape index (κ2) is 9.35. The van der Waals surface area contributed by atoms with Gasteiger partial charge in [0.1, 0.15) is 11.5 Å².